The van der Waals surface area contributed by atoms with E-state index in [9.17, 15) is 0 Å². The van der Waals surface area contributed by atoms with Crippen molar-refractivity contribution in [3.05, 3.63) is 42.2 Å². The predicted octanol–water partition coefficient (Wildman–Crippen LogP) is 0.719. The summed E-state index contributed by atoms with van der Waals surface area (Å²) in [6.07, 6.45) is 3.01. The molecule has 1 aliphatic heterocycles. The quantitative estimate of drug-likeness (QED) is 0.831. The van der Waals surface area contributed by atoms with Gasteiger partial charge in [-0.25, -0.2) is 0 Å². The van der Waals surface area contributed by atoms with Crippen molar-refractivity contribution in [1.29, 1.82) is 0 Å². The Kier molecular flexibility index (Phi) is 3.34. The first kappa shape index (κ1) is 11.4. The largest absolute Gasteiger partial charge is 0.315 e. The van der Waals surface area contributed by atoms with Crippen LogP contribution in [0.3, 0.4) is 0 Å². The van der Waals surface area contributed by atoms with Gasteiger partial charge in [-0.1, -0.05) is 18.2 Å². The first-order chi connectivity index (χ1) is 8.92. The number of aromatic nitrogens is 3. The molecule has 2 heterocycles. The summed E-state index contributed by atoms with van der Waals surface area (Å²) in [5, 5.41) is 15.6. The van der Waals surface area contributed by atoms with Gasteiger partial charge >= 0.3 is 0 Å². The summed E-state index contributed by atoms with van der Waals surface area (Å²) in [7, 11) is 0. The maximum atomic E-state index is 4.46. The van der Waals surface area contributed by atoms with Crippen molar-refractivity contribution in [1.82, 2.24) is 25.6 Å². The van der Waals surface area contributed by atoms with Crippen molar-refractivity contribution >= 4 is 0 Å². The highest BCUT2D eigenvalue weighted by atomic mass is 15.5. The molecule has 1 aromatic carbocycles. The van der Waals surface area contributed by atoms with Gasteiger partial charge in [-0.05, 0) is 25.1 Å². The number of benzene rings is 1. The molecular formula is C13H17N5. The van der Waals surface area contributed by atoms with Crippen molar-refractivity contribution in [2.75, 3.05) is 13.1 Å². The van der Waals surface area contributed by atoms with Gasteiger partial charge in [-0.2, -0.15) is 15.0 Å². The van der Waals surface area contributed by atoms with E-state index < -0.39 is 0 Å². The zero-order valence-electron chi connectivity index (χ0n) is 10.2. The number of hydrogen-bond donors (Lipinski definition) is 2. The van der Waals surface area contributed by atoms with E-state index in [2.05, 4.69) is 20.8 Å². The monoisotopic (exact) mass is 243 g/mol. The average Bonchev–Trinajstić information content (AvgIpc) is 3.09. The van der Waals surface area contributed by atoms with Crippen LogP contribution in [0.25, 0.3) is 5.69 Å². The van der Waals surface area contributed by atoms with Gasteiger partial charge in [0.15, 0.2) is 0 Å². The highest BCUT2D eigenvalue weighted by Crippen LogP contribution is 2.05. The average molecular weight is 243 g/mol. The van der Waals surface area contributed by atoms with Crippen LogP contribution in [0.4, 0.5) is 0 Å². The molecule has 0 radical (unpaired) electrons. The Morgan fingerprint density at radius 1 is 1.33 bits per heavy atom. The topological polar surface area (TPSA) is 54.8 Å². The third-order valence-corrected chi connectivity index (χ3v) is 3.16. The minimum atomic E-state index is 0.562. The van der Waals surface area contributed by atoms with E-state index in [0.29, 0.717) is 6.04 Å². The lowest BCUT2D eigenvalue weighted by atomic mass is 10.2. The number of nitrogens with zero attached hydrogens (tertiary/aromatic N) is 3. The Morgan fingerprint density at radius 3 is 3.00 bits per heavy atom. The Bertz CT molecular complexity index is 487. The first-order valence-corrected chi connectivity index (χ1v) is 6.32. The Hall–Kier alpha value is -1.72. The summed E-state index contributed by atoms with van der Waals surface area (Å²) in [5.41, 5.74) is 1.97. The molecule has 1 aromatic heterocycles. The number of para-hydroxylation sites is 1. The number of hydrogen-bond acceptors (Lipinski definition) is 4. The zero-order chi connectivity index (χ0) is 12.2. The van der Waals surface area contributed by atoms with E-state index in [-0.39, 0.29) is 0 Å². The summed E-state index contributed by atoms with van der Waals surface area (Å²) in [6.45, 7) is 2.93. The molecule has 2 N–H and O–H groups in total. The molecule has 1 aliphatic rings. The normalized spacial score (nSPS) is 19.2. The van der Waals surface area contributed by atoms with Crippen LogP contribution in [0.1, 0.15) is 12.1 Å². The summed E-state index contributed by atoms with van der Waals surface area (Å²) in [6, 6.07) is 10.5. The molecule has 5 nitrogen and oxygen atoms in total. The number of nitrogens with one attached hydrogen (secondary N) is 2. The van der Waals surface area contributed by atoms with Crippen LogP contribution in [0, 0.1) is 0 Å². The van der Waals surface area contributed by atoms with E-state index in [1.165, 1.54) is 6.42 Å². The second-order valence-electron chi connectivity index (χ2n) is 4.53. The highest BCUT2D eigenvalue weighted by molar-refractivity contribution is 5.28. The molecule has 1 atom stereocenters. The van der Waals surface area contributed by atoms with E-state index >= 15 is 0 Å². The van der Waals surface area contributed by atoms with Crippen molar-refractivity contribution in [3.8, 4) is 5.69 Å². The van der Waals surface area contributed by atoms with Crippen LogP contribution in [-0.2, 0) is 6.54 Å². The van der Waals surface area contributed by atoms with Crippen molar-refractivity contribution in [3.63, 3.8) is 0 Å². The standard InChI is InChI=1S/C13H17N5/c1-2-4-13(5-3-1)18-16-10-12(17-18)9-15-11-6-7-14-8-11/h1-5,10-11,14-15H,6-9H2. The lowest BCUT2D eigenvalue weighted by Gasteiger charge is -2.08. The Labute approximate surface area is 106 Å². The van der Waals surface area contributed by atoms with Crippen molar-refractivity contribution in [2.24, 2.45) is 0 Å². The van der Waals surface area contributed by atoms with Crippen LogP contribution >= 0.6 is 0 Å². The van der Waals surface area contributed by atoms with Gasteiger partial charge in [0.1, 0.15) is 0 Å². The van der Waals surface area contributed by atoms with Gasteiger partial charge in [0, 0.05) is 19.1 Å². The Balaban J connectivity index is 1.63. The predicted molar refractivity (Wildman–Crippen MR) is 69.5 cm³/mol. The molecule has 1 fully saturated rings. The fourth-order valence-electron chi connectivity index (χ4n) is 2.14. The van der Waals surface area contributed by atoms with Crippen LogP contribution < -0.4 is 10.6 Å². The minimum Gasteiger partial charge on any atom is -0.315 e. The fourth-order valence-corrected chi connectivity index (χ4v) is 2.14. The summed E-state index contributed by atoms with van der Waals surface area (Å²) in [4.78, 5) is 1.67. The van der Waals surface area contributed by atoms with Gasteiger partial charge in [-0.3, -0.25) is 0 Å². The number of rotatable bonds is 4. The van der Waals surface area contributed by atoms with Crippen LogP contribution in [0.5, 0.6) is 0 Å². The van der Waals surface area contributed by atoms with E-state index in [1.807, 2.05) is 36.5 Å². The molecule has 1 unspecified atom stereocenters. The summed E-state index contributed by atoms with van der Waals surface area (Å²) < 4.78 is 0. The third kappa shape index (κ3) is 2.57. The lowest BCUT2D eigenvalue weighted by molar-refractivity contribution is 0.539. The van der Waals surface area contributed by atoms with Gasteiger partial charge < -0.3 is 10.6 Å². The second kappa shape index (κ2) is 5.29. The molecule has 3 rings (SSSR count). The molecular weight excluding hydrogens is 226 g/mol. The Morgan fingerprint density at radius 2 is 2.22 bits per heavy atom. The maximum absolute atomic E-state index is 4.46. The van der Waals surface area contributed by atoms with E-state index in [4.69, 9.17) is 0 Å². The molecule has 0 saturated carbocycles. The first-order valence-electron chi connectivity index (χ1n) is 6.32. The fraction of sp³-hybridized carbons (Fsp3) is 0.385. The smallest absolute Gasteiger partial charge is 0.0969 e. The minimum absolute atomic E-state index is 0.562. The van der Waals surface area contributed by atoms with Crippen LogP contribution in [0.15, 0.2) is 36.5 Å². The van der Waals surface area contributed by atoms with Gasteiger partial charge in [0.05, 0.1) is 17.6 Å². The van der Waals surface area contributed by atoms with E-state index in [1.54, 1.807) is 4.80 Å². The molecule has 94 valence electrons. The zero-order valence-corrected chi connectivity index (χ0v) is 10.2. The summed E-state index contributed by atoms with van der Waals surface area (Å²) in [5.74, 6) is 0. The highest BCUT2D eigenvalue weighted by Gasteiger charge is 2.13. The van der Waals surface area contributed by atoms with Crippen LogP contribution in [-0.4, -0.2) is 34.1 Å². The SMILES string of the molecule is c1ccc(-n2ncc(CNC3CCNC3)n2)cc1. The lowest BCUT2D eigenvalue weighted by Crippen LogP contribution is -2.30. The molecule has 18 heavy (non-hydrogen) atoms. The third-order valence-electron chi connectivity index (χ3n) is 3.16. The van der Waals surface area contributed by atoms with Gasteiger partial charge in [0.2, 0.25) is 0 Å². The van der Waals surface area contributed by atoms with E-state index in [0.717, 1.165) is 31.0 Å². The molecule has 0 bridgehead atoms. The molecule has 0 aliphatic carbocycles. The van der Waals surface area contributed by atoms with Gasteiger partial charge in [-0.15, -0.1) is 0 Å². The van der Waals surface area contributed by atoms with Crippen molar-refractivity contribution in [2.45, 2.75) is 19.0 Å². The second-order valence-corrected chi connectivity index (χ2v) is 4.53. The van der Waals surface area contributed by atoms with Crippen LogP contribution in [0.2, 0.25) is 0 Å². The molecule has 0 spiro atoms. The van der Waals surface area contributed by atoms with Crippen molar-refractivity contribution < 1.29 is 0 Å². The molecule has 5 heteroatoms. The molecule has 0 amide bonds. The van der Waals surface area contributed by atoms with Gasteiger partial charge in [0.25, 0.3) is 0 Å². The molecule has 2 aromatic rings. The summed E-state index contributed by atoms with van der Waals surface area (Å²) >= 11 is 0. The maximum Gasteiger partial charge on any atom is 0.0969 e. The molecule has 1 saturated heterocycles.